The van der Waals surface area contributed by atoms with Crippen molar-refractivity contribution in [3.63, 3.8) is 0 Å². The zero-order chi connectivity index (χ0) is 22.4. The fourth-order valence-electron chi connectivity index (χ4n) is 4.40. The summed E-state index contributed by atoms with van der Waals surface area (Å²) in [5.74, 6) is -0.938. The molecule has 8 nitrogen and oxygen atoms in total. The number of aromatic nitrogens is 3. The first-order valence-corrected chi connectivity index (χ1v) is 10.7. The maximum absolute atomic E-state index is 12.1. The van der Waals surface area contributed by atoms with Gasteiger partial charge in [0.25, 0.3) is 0 Å². The molecule has 3 heterocycles. The summed E-state index contributed by atoms with van der Waals surface area (Å²) in [5, 5.41) is 9.92. The summed E-state index contributed by atoms with van der Waals surface area (Å²) in [7, 11) is 0. The van der Waals surface area contributed by atoms with E-state index in [1.54, 1.807) is 12.3 Å². The number of H-pyrrole nitrogens is 1. The highest BCUT2D eigenvalue weighted by molar-refractivity contribution is 5.95. The molecule has 0 radical (unpaired) electrons. The average Bonchev–Trinajstić information content (AvgIpc) is 3.56. The molecule has 2 aliphatic rings. The molecular formula is C24H24N4O4. The van der Waals surface area contributed by atoms with Crippen molar-refractivity contribution in [2.75, 3.05) is 0 Å². The number of esters is 1. The van der Waals surface area contributed by atoms with E-state index in [4.69, 9.17) is 10.5 Å². The van der Waals surface area contributed by atoms with E-state index in [9.17, 15) is 14.7 Å². The van der Waals surface area contributed by atoms with E-state index in [-0.39, 0.29) is 18.6 Å². The minimum absolute atomic E-state index is 0.126. The van der Waals surface area contributed by atoms with Crippen molar-refractivity contribution in [3.8, 4) is 22.5 Å². The van der Waals surface area contributed by atoms with Crippen molar-refractivity contribution < 1.29 is 19.4 Å². The monoisotopic (exact) mass is 432 g/mol. The summed E-state index contributed by atoms with van der Waals surface area (Å²) in [6.07, 6.45) is 6.99. The van der Waals surface area contributed by atoms with E-state index in [0.29, 0.717) is 29.3 Å². The van der Waals surface area contributed by atoms with Crippen LogP contribution in [0.5, 0.6) is 0 Å². The van der Waals surface area contributed by atoms with E-state index in [1.807, 2.05) is 18.3 Å². The van der Waals surface area contributed by atoms with Crippen molar-refractivity contribution in [1.82, 2.24) is 15.0 Å². The van der Waals surface area contributed by atoms with Crippen molar-refractivity contribution in [2.45, 2.75) is 45.3 Å². The smallest absolute Gasteiger partial charge is 0.337 e. The largest absolute Gasteiger partial charge is 0.478 e. The number of hydrogen-bond acceptors (Lipinski definition) is 6. The normalized spacial score (nSPS) is 15.6. The van der Waals surface area contributed by atoms with Gasteiger partial charge in [0.15, 0.2) is 0 Å². The van der Waals surface area contributed by atoms with Crippen molar-refractivity contribution in [2.24, 2.45) is 11.7 Å². The summed E-state index contributed by atoms with van der Waals surface area (Å²) >= 11 is 0. The maximum Gasteiger partial charge on any atom is 0.337 e. The third-order valence-corrected chi connectivity index (χ3v) is 6.25. The molecule has 3 aromatic heterocycles. The minimum Gasteiger partial charge on any atom is -0.478 e. The quantitative estimate of drug-likeness (QED) is 0.509. The van der Waals surface area contributed by atoms with E-state index < -0.39 is 5.97 Å². The van der Waals surface area contributed by atoms with Crippen LogP contribution < -0.4 is 5.73 Å². The Kier molecular flexibility index (Phi) is 5.01. The van der Waals surface area contributed by atoms with Crippen molar-refractivity contribution in [3.05, 3.63) is 58.7 Å². The van der Waals surface area contributed by atoms with Gasteiger partial charge in [-0.25, -0.2) is 4.79 Å². The lowest BCUT2D eigenvalue weighted by Gasteiger charge is -2.17. The highest BCUT2D eigenvalue weighted by atomic mass is 16.5. The highest BCUT2D eigenvalue weighted by Gasteiger charge is 2.36. The number of fused-ring (bicyclic) bond motifs is 3. The molecule has 0 aliphatic heterocycles. The molecule has 1 atom stereocenters. The molecule has 1 fully saturated rings. The lowest BCUT2D eigenvalue weighted by atomic mass is 9.88. The van der Waals surface area contributed by atoms with Crippen LogP contribution in [-0.4, -0.2) is 32.0 Å². The third-order valence-electron chi connectivity index (χ3n) is 6.25. The number of nitrogens with zero attached hydrogens (tertiary/aromatic N) is 2. The van der Waals surface area contributed by atoms with Crippen LogP contribution in [0.1, 0.15) is 58.7 Å². The van der Waals surface area contributed by atoms with Crippen LogP contribution in [0, 0.1) is 5.92 Å². The standard InChI is InChI=1S/C24H24N4O4/c1-12(29)32-11-16-6-4-15(10-26-16)19-8-18-14(9-27-19)5-7-17-20(24(30)31)23(28-22(17)18)21(25)13-2-3-13/h4,6,8-10,13,21,28H,2-3,5,7,11,25H2,1H3,(H,30,31). The minimum atomic E-state index is -0.932. The number of aromatic amines is 1. The summed E-state index contributed by atoms with van der Waals surface area (Å²) < 4.78 is 4.98. The van der Waals surface area contributed by atoms with E-state index in [0.717, 1.165) is 52.9 Å². The van der Waals surface area contributed by atoms with Crippen LogP contribution in [0.4, 0.5) is 0 Å². The van der Waals surface area contributed by atoms with Crippen LogP contribution in [-0.2, 0) is 29.0 Å². The van der Waals surface area contributed by atoms with Gasteiger partial charge in [-0.2, -0.15) is 0 Å². The van der Waals surface area contributed by atoms with Crippen molar-refractivity contribution in [1.29, 1.82) is 0 Å². The maximum atomic E-state index is 12.1. The number of carboxylic acid groups (broad SMARTS) is 1. The molecule has 0 spiro atoms. The van der Waals surface area contributed by atoms with Gasteiger partial charge in [-0.05, 0) is 60.9 Å². The molecule has 4 N–H and O–H groups in total. The SMILES string of the molecule is CC(=O)OCc1ccc(-c2cc3c(cn2)CCc2c-3[nH]c(C(N)C3CC3)c2C(=O)O)cn1. The third kappa shape index (κ3) is 3.67. The van der Waals surface area contributed by atoms with Gasteiger partial charge < -0.3 is 20.6 Å². The molecule has 8 heteroatoms. The van der Waals surface area contributed by atoms with E-state index in [1.165, 1.54) is 6.92 Å². The molecule has 32 heavy (non-hydrogen) atoms. The number of rotatable bonds is 6. The number of aromatic carboxylic acids is 1. The van der Waals surface area contributed by atoms with Gasteiger partial charge in [0, 0.05) is 42.2 Å². The van der Waals surface area contributed by atoms with Gasteiger partial charge >= 0.3 is 11.9 Å². The predicted molar refractivity (Wildman–Crippen MR) is 117 cm³/mol. The van der Waals surface area contributed by atoms with Crippen LogP contribution >= 0.6 is 0 Å². The summed E-state index contributed by atoms with van der Waals surface area (Å²) in [6, 6.07) is 5.38. The topological polar surface area (TPSA) is 131 Å². The molecule has 3 aromatic rings. The van der Waals surface area contributed by atoms with E-state index in [2.05, 4.69) is 15.0 Å². The molecular weight excluding hydrogens is 408 g/mol. The van der Waals surface area contributed by atoms with Gasteiger partial charge in [-0.1, -0.05) is 0 Å². The lowest BCUT2D eigenvalue weighted by molar-refractivity contribution is -0.142. The number of carboxylic acids is 1. The summed E-state index contributed by atoms with van der Waals surface area (Å²) in [4.78, 5) is 35.4. The van der Waals surface area contributed by atoms with Gasteiger partial charge in [0.05, 0.1) is 22.6 Å². The molecule has 164 valence electrons. The number of pyridine rings is 2. The zero-order valence-corrected chi connectivity index (χ0v) is 17.7. The molecule has 2 aliphatic carbocycles. The Labute approximate surface area is 184 Å². The Morgan fingerprint density at radius 3 is 2.72 bits per heavy atom. The second kappa shape index (κ2) is 7.87. The Hall–Kier alpha value is -3.52. The highest BCUT2D eigenvalue weighted by Crippen LogP contribution is 2.44. The first-order chi connectivity index (χ1) is 15.4. The Balaban J connectivity index is 1.52. The first-order valence-electron chi connectivity index (χ1n) is 10.7. The Bertz CT molecular complexity index is 1210. The van der Waals surface area contributed by atoms with Gasteiger partial charge in [-0.15, -0.1) is 0 Å². The number of hydrogen-bond donors (Lipinski definition) is 3. The number of carbonyl (C=O) groups is 2. The summed E-state index contributed by atoms with van der Waals surface area (Å²) in [6.45, 7) is 1.49. The average molecular weight is 432 g/mol. The van der Waals surface area contributed by atoms with Gasteiger partial charge in [0.2, 0.25) is 0 Å². The van der Waals surface area contributed by atoms with Gasteiger partial charge in [-0.3, -0.25) is 14.8 Å². The fourth-order valence-corrected chi connectivity index (χ4v) is 4.40. The van der Waals surface area contributed by atoms with Crippen LogP contribution in [0.25, 0.3) is 22.5 Å². The van der Waals surface area contributed by atoms with Crippen LogP contribution in [0.15, 0.2) is 30.6 Å². The number of aryl methyl sites for hydroxylation is 1. The molecule has 0 amide bonds. The van der Waals surface area contributed by atoms with Crippen molar-refractivity contribution >= 4 is 11.9 Å². The van der Waals surface area contributed by atoms with Crippen LogP contribution in [0.3, 0.4) is 0 Å². The second-order valence-corrected chi connectivity index (χ2v) is 8.48. The number of carbonyl (C=O) groups excluding carboxylic acids is 1. The van der Waals surface area contributed by atoms with Crippen LogP contribution in [0.2, 0.25) is 0 Å². The Morgan fingerprint density at radius 1 is 1.25 bits per heavy atom. The molecule has 0 saturated heterocycles. The molecule has 1 unspecified atom stereocenters. The zero-order valence-electron chi connectivity index (χ0n) is 17.7. The second-order valence-electron chi connectivity index (χ2n) is 8.48. The number of nitrogens with two attached hydrogens (primary N) is 1. The molecule has 1 saturated carbocycles. The number of nitrogens with one attached hydrogen (secondary N) is 1. The number of ether oxygens (including phenoxy) is 1. The first kappa shape index (κ1) is 20.4. The molecule has 0 aromatic carbocycles. The van der Waals surface area contributed by atoms with Gasteiger partial charge in [0.1, 0.15) is 6.61 Å². The molecule has 5 rings (SSSR count). The summed E-state index contributed by atoms with van der Waals surface area (Å²) in [5.41, 5.74) is 13.3. The lowest BCUT2D eigenvalue weighted by Crippen LogP contribution is -2.17. The predicted octanol–water partition coefficient (Wildman–Crippen LogP) is 3.41. The Morgan fingerprint density at radius 2 is 2.06 bits per heavy atom. The van der Waals surface area contributed by atoms with E-state index >= 15 is 0 Å². The molecule has 0 bridgehead atoms. The fraction of sp³-hybridized carbons (Fsp3) is 0.333.